The average Bonchev–Trinajstić information content (AvgIpc) is 3.07. The molecule has 2 aromatic rings. The molecule has 0 aromatic carbocycles. The van der Waals surface area contributed by atoms with E-state index in [1.165, 1.54) is 10.5 Å². The number of carbonyl (C=O) groups is 1. The van der Waals surface area contributed by atoms with Crippen LogP contribution in [0.4, 0.5) is 5.00 Å². The molecule has 2 heterocycles. The van der Waals surface area contributed by atoms with Crippen LogP contribution in [-0.2, 0) is 17.8 Å². The molecule has 0 amide bonds. The van der Waals surface area contributed by atoms with Gasteiger partial charge in [0.15, 0.2) is 0 Å². The normalized spacial score (nSPS) is 11.9. The van der Waals surface area contributed by atoms with Crippen molar-refractivity contribution in [2.75, 3.05) is 19.4 Å². The molecular formula is C15H18N3O2S2+. The quantitative estimate of drug-likeness (QED) is 0.786. The molecular weight excluding hydrogens is 318 g/mol. The minimum atomic E-state index is -0.404. The van der Waals surface area contributed by atoms with Crippen LogP contribution in [0.25, 0.3) is 0 Å². The number of nitrogens with zero attached hydrogens (tertiary/aromatic N) is 1. The highest BCUT2D eigenvalue weighted by molar-refractivity contribution is 7.18. The van der Waals surface area contributed by atoms with Gasteiger partial charge in [-0.15, -0.1) is 11.3 Å². The van der Waals surface area contributed by atoms with Gasteiger partial charge < -0.3 is 15.4 Å². The van der Waals surface area contributed by atoms with Crippen molar-refractivity contribution in [3.8, 4) is 6.07 Å². The van der Waals surface area contributed by atoms with Gasteiger partial charge in [-0.1, -0.05) is 0 Å². The fourth-order valence-electron chi connectivity index (χ4n) is 2.24. The fourth-order valence-corrected chi connectivity index (χ4v) is 3.84. The Kier molecular flexibility index (Phi) is 5.55. The maximum atomic E-state index is 12.1. The molecule has 2 rings (SSSR count). The molecule has 0 aliphatic carbocycles. The number of hydrogen-bond acceptors (Lipinski definition) is 6. The first kappa shape index (κ1) is 16.5. The van der Waals surface area contributed by atoms with E-state index in [-0.39, 0.29) is 0 Å². The molecule has 5 nitrogen and oxygen atoms in total. The van der Waals surface area contributed by atoms with Gasteiger partial charge in [-0.3, -0.25) is 0 Å². The first-order valence-corrected chi connectivity index (χ1v) is 8.63. The molecule has 0 saturated heterocycles. The van der Waals surface area contributed by atoms with E-state index in [1.54, 1.807) is 18.3 Å². The number of nitrogen functional groups attached to an aromatic ring is 1. The summed E-state index contributed by atoms with van der Waals surface area (Å²) >= 11 is 2.79. The number of anilines is 1. The number of thiophene rings is 2. The Balaban J connectivity index is 2.24. The Morgan fingerprint density at radius 2 is 2.27 bits per heavy atom. The van der Waals surface area contributed by atoms with Gasteiger partial charge in [-0.2, -0.15) is 16.6 Å². The molecule has 1 atom stereocenters. The maximum Gasteiger partial charge on any atom is 0.348 e. The van der Waals surface area contributed by atoms with Gasteiger partial charge in [0.05, 0.1) is 24.8 Å². The largest absolute Gasteiger partial charge is 0.462 e. The topological polar surface area (TPSA) is 80.5 Å². The predicted molar refractivity (Wildman–Crippen MR) is 88.0 cm³/mol. The van der Waals surface area contributed by atoms with Crippen molar-refractivity contribution in [1.29, 1.82) is 5.26 Å². The minimum Gasteiger partial charge on any atom is -0.462 e. The Bertz CT molecular complexity index is 686. The first-order valence-electron chi connectivity index (χ1n) is 6.87. The molecule has 116 valence electrons. The summed E-state index contributed by atoms with van der Waals surface area (Å²) < 4.78 is 5.07. The molecule has 1 unspecified atom stereocenters. The number of ether oxygens (including phenoxy) is 1. The van der Waals surface area contributed by atoms with E-state index >= 15 is 0 Å². The zero-order valence-corrected chi connectivity index (χ0v) is 14.1. The van der Waals surface area contributed by atoms with Crippen molar-refractivity contribution >= 4 is 33.6 Å². The maximum absolute atomic E-state index is 12.1. The van der Waals surface area contributed by atoms with Crippen molar-refractivity contribution in [3.63, 3.8) is 0 Å². The van der Waals surface area contributed by atoms with Crippen LogP contribution in [0.2, 0.25) is 0 Å². The summed E-state index contributed by atoms with van der Waals surface area (Å²) in [6.07, 6.45) is 0. The van der Waals surface area contributed by atoms with E-state index in [0.717, 1.165) is 17.9 Å². The lowest BCUT2D eigenvalue weighted by Gasteiger charge is -2.13. The fraction of sp³-hybridized carbons (Fsp3) is 0.333. The van der Waals surface area contributed by atoms with Crippen LogP contribution in [-0.4, -0.2) is 19.6 Å². The second kappa shape index (κ2) is 7.40. The summed E-state index contributed by atoms with van der Waals surface area (Å²) in [5.41, 5.74) is 8.21. The van der Waals surface area contributed by atoms with Gasteiger partial charge in [0.2, 0.25) is 0 Å². The monoisotopic (exact) mass is 336 g/mol. The number of nitrogens with one attached hydrogen (secondary N) is 1. The highest BCUT2D eigenvalue weighted by Crippen LogP contribution is 2.30. The highest BCUT2D eigenvalue weighted by atomic mass is 32.1. The van der Waals surface area contributed by atoms with E-state index in [9.17, 15) is 10.1 Å². The second-order valence-corrected chi connectivity index (χ2v) is 6.76. The van der Waals surface area contributed by atoms with E-state index in [1.807, 2.05) is 12.4 Å². The van der Waals surface area contributed by atoms with Crippen molar-refractivity contribution < 1.29 is 14.4 Å². The summed E-state index contributed by atoms with van der Waals surface area (Å²) in [6.45, 7) is 3.44. The smallest absolute Gasteiger partial charge is 0.348 e. The number of rotatable bonds is 6. The van der Waals surface area contributed by atoms with Crippen LogP contribution in [0.15, 0.2) is 16.8 Å². The average molecular weight is 336 g/mol. The van der Waals surface area contributed by atoms with Crippen molar-refractivity contribution in [2.45, 2.75) is 20.0 Å². The van der Waals surface area contributed by atoms with Gasteiger partial charge in [-0.05, 0) is 23.8 Å². The third-order valence-electron chi connectivity index (χ3n) is 3.17. The summed E-state index contributed by atoms with van der Waals surface area (Å²) in [7, 11) is 2.03. The molecule has 0 fully saturated rings. The minimum absolute atomic E-state index is 0.301. The lowest BCUT2D eigenvalue weighted by atomic mass is 10.1. The van der Waals surface area contributed by atoms with Gasteiger partial charge in [-0.25, -0.2) is 4.79 Å². The molecule has 0 spiro atoms. The van der Waals surface area contributed by atoms with E-state index in [2.05, 4.69) is 17.5 Å². The Hall–Kier alpha value is -1.88. The summed E-state index contributed by atoms with van der Waals surface area (Å²) in [6, 6.07) is 4.19. The number of nitrogens with two attached hydrogens (primary N) is 1. The predicted octanol–water partition coefficient (Wildman–Crippen LogP) is 1.66. The van der Waals surface area contributed by atoms with Gasteiger partial charge >= 0.3 is 5.97 Å². The van der Waals surface area contributed by atoms with Crippen LogP contribution in [0, 0.1) is 11.3 Å². The zero-order valence-electron chi connectivity index (χ0n) is 12.5. The summed E-state index contributed by atoms with van der Waals surface area (Å²) in [5, 5.41) is 13.8. The third kappa shape index (κ3) is 3.65. The van der Waals surface area contributed by atoms with Crippen molar-refractivity contribution in [3.05, 3.63) is 38.4 Å². The molecule has 0 bridgehead atoms. The first-order chi connectivity index (χ1) is 10.6. The summed E-state index contributed by atoms with van der Waals surface area (Å²) in [4.78, 5) is 13.7. The molecule has 2 aromatic heterocycles. The third-order valence-corrected chi connectivity index (χ3v) is 4.94. The molecule has 3 N–H and O–H groups in total. The zero-order chi connectivity index (χ0) is 16.1. The standard InChI is InChI=1S/C15H17N3O2S2/c1-3-20-15(19)13-12(11(6-16)14(17)22-13)8-18(2)7-10-4-5-21-9-10/h4-5,9H,3,7-8,17H2,1-2H3/p+1. The Labute approximate surface area is 137 Å². The molecule has 0 aliphatic heterocycles. The van der Waals surface area contributed by atoms with Crippen LogP contribution < -0.4 is 10.6 Å². The van der Waals surface area contributed by atoms with Crippen molar-refractivity contribution in [1.82, 2.24) is 0 Å². The number of carbonyl (C=O) groups excluding carboxylic acids is 1. The van der Waals surface area contributed by atoms with E-state index in [0.29, 0.717) is 34.2 Å². The van der Waals surface area contributed by atoms with E-state index in [4.69, 9.17) is 10.5 Å². The van der Waals surface area contributed by atoms with Gasteiger partial charge in [0.1, 0.15) is 29.0 Å². The number of esters is 1. The Morgan fingerprint density at radius 1 is 1.50 bits per heavy atom. The van der Waals surface area contributed by atoms with Gasteiger partial charge in [0.25, 0.3) is 0 Å². The highest BCUT2D eigenvalue weighted by Gasteiger charge is 2.25. The molecule has 0 aliphatic rings. The second-order valence-electron chi connectivity index (χ2n) is 4.92. The van der Waals surface area contributed by atoms with Crippen molar-refractivity contribution in [2.24, 2.45) is 0 Å². The van der Waals surface area contributed by atoms with Crippen LogP contribution in [0.1, 0.15) is 33.3 Å². The van der Waals surface area contributed by atoms with Crippen LogP contribution in [0.3, 0.4) is 0 Å². The lowest BCUT2D eigenvalue weighted by Crippen LogP contribution is -3.06. The molecule has 22 heavy (non-hydrogen) atoms. The van der Waals surface area contributed by atoms with E-state index < -0.39 is 5.97 Å². The molecule has 0 radical (unpaired) electrons. The Morgan fingerprint density at radius 3 is 2.86 bits per heavy atom. The number of quaternary nitrogens is 1. The SMILES string of the molecule is CCOC(=O)c1sc(N)c(C#N)c1C[NH+](C)Cc1ccsc1. The molecule has 0 saturated carbocycles. The lowest BCUT2D eigenvalue weighted by molar-refractivity contribution is -0.907. The van der Waals surface area contributed by atoms with Crippen LogP contribution in [0.5, 0.6) is 0 Å². The number of hydrogen-bond donors (Lipinski definition) is 2. The van der Waals surface area contributed by atoms with Gasteiger partial charge in [0, 0.05) is 5.56 Å². The van der Waals surface area contributed by atoms with Crippen LogP contribution >= 0.6 is 22.7 Å². The number of nitriles is 1. The molecule has 7 heteroatoms. The summed E-state index contributed by atoms with van der Waals surface area (Å²) in [5.74, 6) is -0.404.